The zero-order valence-corrected chi connectivity index (χ0v) is 15.6. The fourth-order valence-corrected chi connectivity index (χ4v) is 4.15. The van der Waals surface area contributed by atoms with Crippen molar-refractivity contribution in [2.24, 2.45) is 0 Å². The lowest BCUT2D eigenvalue weighted by Gasteiger charge is -2.05. The number of thioether (sulfide) groups is 1. The van der Waals surface area contributed by atoms with Crippen LogP contribution in [-0.2, 0) is 9.59 Å². The molecule has 5 nitrogen and oxygen atoms in total. The van der Waals surface area contributed by atoms with Crippen molar-refractivity contribution in [1.82, 2.24) is 4.98 Å². The first-order valence-electron chi connectivity index (χ1n) is 7.81. The molecule has 7 heteroatoms. The van der Waals surface area contributed by atoms with Gasteiger partial charge in [-0.25, -0.2) is 4.98 Å². The Morgan fingerprint density at radius 1 is 1.19 bits per heavy atom. The first-order chi connectivity index (χ1) is 12.5. The summed E-state index contributed by atoms with van der Waals surface area (Å²) in [6.07, 6.45) is 1.92. The number of rotatable bonds is 6. The van der Waals surface area contributed by atoms with Gasteiger partial charge in [-0.15, -0.1) is 23.1 Å². The predicted molar refractivity (Wildman–Crippen MR) is 108 cm³/mol. The molecule has 0 saturated heterocycles. The SMILES string of the molecule is CC(=O)Nc1ccc(C=C(SCC(=O)O)c2nc3ccccc3s2)cc1. The summed E-state index contributed by atoms with van der Waals surface area (Å²) in [6.45, 7) is 1.46. The molecule has 0 bridgehead atoms. The topological polar surface area (TPSA) is 79.3 Å². The summed E-state index contributed by atoms with van der Waals surface area (Å²) < 4.78 is 1.06. The highest BCUT2D eigenvalue weighted by molar-refractivity contribution is 8.09. The number of carbonyl (C=O) groups is 2. The maximum Gasteiger partial charge on any atom is 0.313 e. The van der Waals surface area contributed by atoms with E-state index in [1.807, 2.05) is 54.6 Å². The van der Waals surface area contributed by atoms with E-state index in [2.05, 4.69) is 10.3 Å². The predicted octanol–water partition coefficient (Wildman–Crippen LogP) is 4.57. The molecule has 0 saturated carbocycles. The summed E-state index contributed by atoms with van der Waals surface area (Å²) in [5, 5.41) is 12.5. The molecule has 0 aliphatic carbocycles. The van der Waals surface area contributed by atoms with E-state index in [0.29, 0.717) is 0 Å². The highest BCUT2D eigenvalue weighted by atomic mass is 32.2. The van der Waals surface area contributed by atoms with Crippen LogP contribution in [0.2, 0.25) is 0 Å². The second-order valence-electron chi connectivity index (χ2n) is 5.48. The normalized spacial score (nSPS) is 11.5. The number of benzene rings is 2. The molecular weight excluding hydrogens is 368 g/mol. The number of fused-ring (bicyclic) bond motifs is 1. The lowest BCUT2D eigenvalue weighted by molar-refractivity contribution is -0.133. The van der Waals surface area contributed by atoms with Gasteiger partial charge in [-0.2, -0.15) is 0 Å². The van der Waals surface area contributed by atoms with Crippen LogP contribution in [-0.4, -0.2) is 27.7 Å². The highest BCUT2D eigenvalue weighted by Gasteiger charge is 2.11. The number of carboxylic acids is 1. The Hall–Kier alpha value is -2.64. The van der Waals surface area contributed by atoms with E-state index in [1.54, 1.807) is 0 Å². The molecule has 0 atom stereocenters. The number of nitrogens with zero attached hydrogens (tertiary/aromatic N) is 1. The van der Waals surface area contributed by atoms with Gasteiger partial charge < -0.3 is 10.4 Å². The molecule has 0 radical (unpaired) electrons. The van der Waals surface area contributed by atoms with Crippen LogP contribution < -0.4 is 5.32 Å². The van der Waals surface area contributed by atoms with Crippen molar-refractivity contribution in [1.29, 1.82) is 0 Å². The molecule has 0 fully saturated rings. The largest absolute Gasteiger partial charge is 0.481 e. The molecule has 0 aliphatic heterocycles. The van der Waals surface area contributed by atoms with Gasteiger partial charge in [0.05, 0.1) is 16.0 Å². The number of aromatic nitrogens is 1. The van der Waals surface area contributed by atoms with Gasteiger partial charge in [0.25, 0.3) is 0 Å². The fraction of sp³-hybridized carbons (Fsp3) is 0.105. The summed E-state index contributed by atoms with van der Waals surface area (Å²) in [4.78, 5) is 27.5. The fourth-order valence-electron chi connectivity index (χ4n) is 2.30. The Morgan fingerprint density at radius 2 is 1.92 bits per heavy atom. The molecule has 132 valence electrons. The number of anilines is 1. The van der Waals surface area contributed by atoms with Crippen LogP contribution in [0.1, 0.15) is 17.5 Å². The van der Waals surface area contributed by atoms with Crippen molar-refractivity contribution in [3.8, 4) is 0 Å². The van der Waals surface area contributed by atoms with Crippen molar-refractivity contribution < 1.29 is 14.7 Å². The van der Waals surface area contributed by atoms with Gasteiger partial charge in [0.1, 0.15) is 5.01 Å². The van der Waals surface area contributed by atoms with Gasteiger partial charge in [-0.3, -0.25) is 9.59 Å². The van der Waals surface area contributed by atoms with E-state index in [9.17, 15) is 9.59 Å². The van der Waals surface area contributed by atoms with E-state index in [0.717, 1.165) is 31.4 Å². The van der Waals surface area contributed by atoms with E-state index in [-0.39, 0.29) is 11.7 Å². The number of para-hydroxylation sites is 1. The number of amides is 1. The maximum absolute atomic E-state index is 11.1. The third-order valence-corrected chi connectivity index (χ3v) is 5.60. The summed E-state index contributed by atoms with van der Waals surface area (Å²) in [7, 11) is 0. The van der Waals surface area contributed by atoms with Crippen molar-refractivity contribution in [3.05, 3.63) is 59.1 Å². The first-order valence-corrected chi connectivity index (χ1v) is 9.61. The standard InChI is InChI=1S/C19H16N2O3S2/c1-12(22)20-14-8-6-13(7-9-14)10-17(25-11-18(23)24)19-21-15-4-2-3-5-16(15)26-19/h2-10H,11H2,1H3,(H,20,22)(H,23,24). The average Bonchev–Trinajstić information content (AvgIpc) is 3.03. The van der Waals surface area contributed by atoms with Crippen LogP contribution >= 0.6 is 23.1 Å². The quantitative estimate of drug-likeness (QED) is 0.651. The molecule has 1 aromatic heterocycles. The van der Waals surface area contributed by atoms with Crippen molar-refractivity contribution in [3.63, 3.8) is 0 Å². The van der Waals surface area contributed by atoms with Crippen LogP contribution in [0, 0.1) is 0 Å². The van der Waals surface area contributed by atoms with Crippen molar-refractivity contribution >= 4 is 61.9 Å². The number of thiazole rings is 1. The number of carboxylic acid groups (broad SMARTS) is 1. The summed E-state index contributed by atoms with van der Waals surface area (Å²) in [5.74, 6) is -1.03. The van der Waals surface area contributed by atoms with E-state index in [4.69, 9.17) is 5.11 Å². The maximum atomic E-state index is 11.1. The molecule has 0 spiro atoms. The van der Waals surface area contributed by atoms with E-state index in [1.165, 1.54) is 30.0 Å². The van der Waals surface area contributed by atoms with Crippen molar-refractivity contribution in [2.75, 3.05) is 11.1 Å². The molecule has 0 unspecified atom stereocenters. The minimum Gasteiger partial charge on any atom is -0.481 e. The molecule has 2 aromatic carbocycles. The first kappa shape index (κ1) is 18.2. The van der Waals surface area contributed by atoms with Gasteiger partial charge in [-0.1, -0.05) is 24.3 Å². The third-order valence-electron chi connectivity index (χ3n) is 3.38. The lowest BCUT2D eigenvalue weighted by atomic mass is 10.2. The number of carbonyl (C=O) groups excluding carboxylic acids is 1. The smallest absolute Gasteiger partial charge is 0.313 e. The van der Waals surface area contributed by atoms with Gasteiger partial charge in [0, 0.05) is 17.5 Å². The summed E-state index contributed by atoms with van der Waals surface area (Å²) in [6, 6.07) is 15.2. The number of nitrogens with one attached hydrogen (secondary N) is 1. The van der Waals surface area contributed by atoms with E-state index < -0.39 is 5.97 Å². The van der Waals surface area contributed by atoms with Crippen LogP contribution in [0.5, 0.6) is 0 Å². The van der Waals surface area contributed by atoms with Crippen molar-refractivity contribution in [2.45, 2.75) is 6.92 Å². The second-order valence-corrected chi connectivity index (χ2v) is 7.53. The number of hydrogen-bond donors (Lipinski definition) is 2. The van der Waals surface area contributed by atoms with Gasteiger partial charge in [0.15, 0.2) is 0 Å². The molecule has 1 amide bonds. The molecule has 26 heavy (non-hydrogen) atoms. The number of hydrogen-bond acceptors (Lipinski definition) is 5. The Balaban J connectivity index is 1.93. The van der Waals surface area contributed by atoms with Gasteiger partial charge in [0.2, 0.25) is 5.91 Å². The Bertz CT molecular complexity index is 945. The summed E-state index contributed by atoms with van der Waals surface area (Å²) in [5.41, 5.74) is 2.52. The molecule has 2 N–H and O–H groups in total. The molecular formula is C19H16N2O3S2. The third kappa shape index (κ3) is 4.71. The van der Waals surface area contributed by atoms with Gasteiger partial charge in [-0.05, 0) is 35.9 Å². The second kappa shape index (κ2) is 8.16. The zero-order chi connectivity index (χ0) is 18.5. The Morgan fingerprint density at radius 3 is 2.58 bits per heavy atom. The molecule has 0 aliphatic rings. The average molecular weight is 384 g/mol. The van der Waals surface area contributed by atoms with E-state index >= 15 is 0 Å². The molecule has 3 rings (SSSR count). The Kier molecular flexibility index (Phi) is 5.70. The minimum atomic E-state index is -0.872. The van der Waals surface area contributed by atoms with Crippen LogP contribution in [0.25, 0.3) is 21.2 Å². The van der Waals surface area contributed by atoms with Crippen LogP contribution in [0.15, 0.2) is 48.5 Å². The molecule has 1 heterocycles. The molecule has 3 aromatic rings. The van der Waals surface area contributed by atoms with Crippen LogP contribution in [0.4, 0.5) is 5.69 Å². The zero-order valence-electron chi connectivity index (χ0n) is 13.9. The van der Waals surface area contributed by atoms with Crippen LogP contribution in [0.3, 0.4) is 0 Å². The monoisotopic (exact) mass is 384 g/mol. The number of aliphatic carboxylic acids is 1. The Labute approximate surface area is 158 Å². The highest BCUT2D eigenvalue weighted by Crippen LogP contribution is 2.35. The van der Waals surface area contributed by atoms with Gasteiger partial charge >= 0.3 is 5.97 Å². The minimum absolute atomic E-state index is 0.0360. The lowest BCUT2D eigenvalue weighted by Crippen LogP contribution is -2.05. The summed E-state index contributed by atoms with van der Waals surface area (Å²) >= 11 is 2.79.